The Hall–Kier alpha value is -1.38. The number of esters is 1. The summed E-state index contributed by atoms with van der Waals surface area (Å²) >= 11 is 0. The van der Waals surface area contributed by atoms with E-state index < -0.39 is 11.9 Å². The van der Waals surface area contributed by atoms with Crippen molar-refractivity contribution in [3.05, 3.63) is 24.8 Å². The van der Waals surface area contributed by atoms with Gasteiger partial charge >= 0.3 is 5.97 Å². The first kappa shape index (κ1) is 14.7. The molecular weight excluding hydrogens is 228 g/mol. The molecule has 3 heteroatoms. The van der Waals surface area contributed by atoms with Gasteiger partial charge < -0.3 is 4.74 Å². The molecule has 100 valence electrons. The fourth-order valence-electron chi connectivity index (χ4n) is 2.22. The van der Waals surface area contributed by atoms with E-state index in [9.17, 15) is 9.59 Å². The summed E-state index contributed by atoms with van der Waals surface area (Å²) in [6, 6.07) is 0. The molecule has 0 aromatic heterocycles. The SMILES string of the molecule is C=CCC(C(=O)CC1C=CCCC1)C(=O)OCC. The van der Waals surface area contributed by atoms with Crippen LogP contribution in [0.3, 0.4) is 0 Å². The second-order valence-electron chi connectivity index (χ2n) is 4.62. The highest BCUT2D eigenvalue weighted by atomic mass is 16.5. The standard InChI is InChI=1S/C15H22O3/c1-3-8-13(15(17)18-4-2)14(16)11-12-9-6-5-7-10-12/h3,6,9,12-13H,1,4-5,7-8,10-11H2,2H3. The van der Waals surface area contributed by atoms with Crippen LogP contribution in [0.5, 0.6) is 0 Å². The van der Waals surface area contributed by atoms with Crippen LogP contribution in [0.2, 0.25) is 0 Å². The molecule has 2 unspecified atom stereocenters. The Kier molecular flexibility index (Phi) is 6.40. The Morgan fingerprint density at radius 1 is 1.56 bits per heavy atom. The van der Waals surface area contributed by atoms with E-state index in [4.69, 9.17) is 4.74 Å². The van der Waals surface area contributed by atoms with Gasteiger partial charge in [-0.25, -0.2) is 0 Å². The van der Waals surface area contributed by atoms with Crippen molar-refractivity contribution >= 4 is 11.8 Å². The van der Waals surface area contributed by atoms with Crippen LogP contribution in [-0.4, -0.2) is 18.4 Å². The van der Waals surface area contributed by atoms with Gasteiger partial charge in [-0.1, -0.05) is 18.2 Å². The molecule has 0 aromatic rings. The molecule has 0 N–H and O–H groups in total. The minimum Gasteiger partial charge on any atom is -0.465 e. The van der Waals surface area contributed by atoms with Crippen LogP contribution < -0.4 is 0 Å². The third kappa shape index (κ3) is 4.47. The molecule has 1 aliphatic carbocycles. The molecule has 0 saturated carbocycles. The van der Waals surface area contributed by atoms with Crippen molar-refractivity contribution in [2.45, 2.75) is 39.0 Å². The van der Waals surface area contributed by atoms with Gasteiger partial charge in [-0.15, -0.1) is 6.58 Å². The fraction of sp³-hybridized carbons (Fsp3) is 0.600. The summed E-state index contributed by atoms with van der Waals surface area (Å²) in [4.78, 5) is 23.8. The minimum atomic E-state index is -0.669. The normalized spacial score (nSPS) is 20.2. The van der Waals surface area contributed by atoms with Crippen molar-refractivity contribution in [1.82, 2.24) is 0 Å². The number of carbonyl (C=O) groups excluding carboxylic acids is 2. The first-order valence-corrected chi connectivity index (χ1v) is 6.66. The molecule has 0 spiro atoms. The maximum Gasteiger partial charge on any atom is 0.316 e. The summed E-state index contributed by atoms with van der Waals surface area (Å²) in [5.74, 6) is -0.821. The average molecular weight is 250 g/mol. The molecule has 0 radical (unpaired) electrons. The monoisotopic (exact) mass is 250 g/mol. The quantitative estimate of drug-likeness (QED) is 0.396. The van der Waals surface area contributed by atoms with Gasteiger partial charge in [0.05, 0.1) is 6.61 Å². The summed E-state index contributed by atoms with van der Waals surface area (Å²) in [5.41, 5.74) is 0. The molecule has 0 amide bonds. The van der Waals surface area contributed by atoms with Gasteiger partial charge in [0, 0.05) is 6.42 Å². The molecule has 3 nitrogen and oxygen atoms in total. The van der Waals surface area contributed by atoms with E-state index in [1.165, 1.54) is 0 Å². The first-order chi connectivity index (χ1) is 8.69. The van der Waals surface area contributed by atoms with E-state index >= 15 is 0 Å². The zero-order valence-corrected chi connectivity index (χ0v) is 11.1. The zero-order valence-electron chi connectivity index (χ0n) is 11.1. The van der Waals surface area contributed by atoms with Gasteiger partial charge in [0.2, 0.25) is 0 Å². The molecule has 0 aliphatic heterocycles. The molecular formula is C15H22O3. The maximum absolute atomic E-state index is 12.1. The smallest absolute Gasteiger partial charge is 0.316 e. The van der Waals surface area contributed by atoms with E-state index in [0.29, 0.717) is 19.4 Å². The topological polar surface area (TPSA) is 43.4 Å². The Morgan fingerprint density at radius 2 is 2.33 bits per heavy atom. The largest absolute Gasteiger partial charge is 0.465 e. The summed E-state index contributed by atoms with van der Waals surface area (Å²) in [5, 5.41) is 0. The van der Waals surface area contributed by atoms with Crippen LogP contribution in [-0.2, 0) is 14.3 Å². The number of ether oxygens (including phenoxy) is 1. The zero-order chi connectivity index (χ0) is 13.4. The number of hydrogen-bond acceptors (Lipinski definition) is 3. The molecule has 2 atom stereocenters. The van der Waals surface area contributed by atoms with Crippen molar-refractivity contribution in [2.75, 3.05) is 6.61 Å². The lowest BCUT2D eigenvalue weighted by Crippen LogP contribution is -2.27. The van der Waals surface area contributed by atoms with E-state index in [1.54, 1.807) is 13.0 Å². The van der Waals surface area contributed by atoms with Crippen LogP contribution >= 0.6 is 0 Å². The van der Waals surface area contributed by atoms with E-state index in [-0.39, 0.29) is 11.7 Å². The average Bonchev–Trinajstić information content (AvgIpc) is 2.37. The predicted molar refractivity (Wildman–Crippen MR) is 71.0 cm³/mol. The maximum atomic E-state index is 12.1. The molecule has 1 rings (SSSR count). The summed E-state index contributed by atoms with van der Waals surface area (Å²) in [6.45, 7) is 5.65. The van der Waals surface area contributed by atoms with Crippen molar-refractivity contribution in [3.63, 3.8) is 0 Å². The van der Waals surface area contributed by atoms with Crippen LogP contribution in [0.4, 0.5) is 0 Å². The highest BCUT2D eigenvalue weighted by molar-refractivity contribution is 5.99. The lowest BCUT2D eigenvalue weighted by Gasteiger charge is -2.18. The van der Waals surface area contributed by atoms with Gasteiger partial charge in [-0.3, -0.25) is 9.59 Å². The van der Waals surface area contributed by atoms with E-state index in [2.05, 4.69) is 18.7 Å². The summed E-state index contributed by atoms with van der Waals surface area (Å²) in [7, 11) is 0. The number of carbonyl (C=O) groups is 2. The highest BCUT2D eigenvalue weighted by Crippen LogP contribution is 2.23. The number of Topliss-reactive ketones (excluding diaryl/α,β-unsaturated/α-hetero) is 1. The molecule has 0 fully saturated rings. The molecule has 0 aromatic carbocycles. The number of rotatable bonds is 7. The molecule has 18 heavy (non-hydrogen) atoms. The van der Waals surface area contributed by atoms with E-state index in [1.807, 2.05) is 0 Å². The van der Waals surface area contributed by atoms with Crippen LogP contribution in [0.25, 0.3) is 0 Å². The third-order valence-electron chi connectivity index (χ3n) is 3.18. The van der Waals surface area contributed by atoms with Crippen molar-refractivity contribution < 1.29 is 14.3 Å². The van der Waals surface area contributed by atoms with Crippen LogP contribution in [0.1, 0.15) is 39.0 Å². The summed E-state index contributed by atoms with van der Waals surface area (Å²) < 4.78 is 4.94. The highest BCUT2D eigenvalue weighted by Gasteiger charge is 2.28. The first-order valence-electron chi connectivity index (χ1n) is 6.66. The predicted octanol–water partition coefficient (Wildman–Crippen LogP) is 3.06. The van der Waals surface area contributed by atoms with Gasteiger partial charge in [-0.05, 0) is 38.5 Å². The lowest BCUT2D eigenvalue weighted by atomic mass is 9.87. The van der Waals surface area contributed by atoms with Gasteiger partial charge in [0.1, 0.15) is 11.7 Å². The van der Waals surface area contributed by atoms with Crippen LogP contribution in [0.15, 0.2) is 24.8 Å². The molecule has 1 aliphatic rings. The molecule has 0 bridgehead atoms. The molecule has 0 heterocycles. The van der Waals surface area contributed by atoms with Gasteiger partial charge in [0.15, 0.2) is 0 Å². The van der Waals surface area contributed by atoms with Gasteiger partial charge in [0.25, 0.3) is 0 Å². The summed E-state index contributed by atoms with van der Waals surface area (Å²) in [6.07, 6.45) is 9.88. The van der Waals surface area contributed by atoms with Crippen molar-refractivity contribution in [3.8, 4) is 0 Å². The Bertz CT molecular complexity index is 331. The number of hydrogen-bond donors (Lipinski definition) is 0. The number of ketones is 1. The second-order valence-corrected chi connectivity index (χ2v) is 4.62. The minimum absolute atomic E-state index is 0.0232. The van der Waals surface area contributed by atoms with Crippen LogP contribution in [0, 0.1) is 11.8 Å². The Balaban J connectivity index is 2.58. The third-order valence-corrected chi connectivity index (χ3v) is 3.18. The molecule has 0 saturated heterocycles. The van der Waals surface area contributed by atoms with E-state index in [0.717, 1.165) is 19.3 Å². The second kappa shape index (κ2) is 7.85. The number of allylic oxidation sites excluding steroid dienone is 3. The van der Waals surface area contributed by atoms with Gasteiger partial charge in [-0.2, -0.15) is 0 Å². The Labute approximate surface area is 109 Å². The fourth-order valence-corrected chi connectivity index (χ4v) is 2.22. The lowest BCUT2D eigenvalue weighted by molar-refractivity contribution is -0.151. The van der Waals surface area contributed by atoms with Crippen molar-refractivity contribution in [2.24, 2.45) is 11.8 Å². The van der Waals surface area contributed by atoms with Crippen molar-refractivity contribution in [1.29, 1.82) is 0 Å². The Morgan fingerprint density at radius 3 is 2.89 bits per heavy atom.